The van der Waals surface area contributed by atoms with Crippen LogP contribution >= 0.6 is 0 Å². The number of benzene rings is 2. The van der Waals surface area contributed by atoms with Gasteiger partial charge in [-0.05, 0) is 55.0 Å². The fourth-order valence-corrected chi connectivity index (χ4v) is 2.67. The highest BCUT2D eigenvalue weighted by Gasteiger charge is 2.11. The van der Waals surface area contributed by atoms with E-state index in [0.29, 0.717) is 25.4 Å². The molecule has 0 spiro atoms. The van der Waals surface area contributed by atoms with Crippen molar-refractivity contribution in [3.05, 3.63) is 59.2 Å². The summed E-state index contributed by atoms with van der Waals surface area (Å²) in [6, 6.07) is 14.1. The van der Waals surface area contributed by atoms with Crippen LogP contribution in [0.3, 0.4) is 0 Å². The normalized spacial score (nSPS) is 10.7. The molecule has 1 amide bonds. The highest BCUT2D eigenvalue weighted by atomic mass is 16.5. The van der Waals surface area contributed by atoms with Crippen LogP contribution in [0.1, 0.15) is 49.3 Å². The van der Waals surface area contributed by atoms with E-state index in [9.17, 15) is 4.79 Å². The van der Waals surface area contributed by atoms with E-state index in [1.54, 1.807) is 0 Å². The quantitative estimate of drug-likeness (QED) is 0.708. The maximum atomic E-state index is 12.2. The smallest absolute Gasteiger partial charge is 0.224 e. The second-order valence-electron chi connectivity index (χ2n) is 6.51. The lowest BCUT2D eigenvalue weighted by Gasteiger charge is -2.16. The van der Waals surface area contributed by atoms with Crippen molar-refractivity contribution < 1.29 is 9.53 Å². The Kier molecular flexibility index (Phi) is 6.42. The monoisotopic (exact) mass is 325 g/mol. The lowest BCUT2D eigenvalue weighted by atomic mass is 9.98. The van der Waals surface area contributed by atoms with Crippen molar-refractivity contribution in [3.63, 3.8) is 0 Å². The molecule has 0 heterocycles. The zero-order valence-corrected chi connectivity index (χ0v) is 15.1. The topological polar surface area (TPSA) is 38.3 Å². The molecule has 0 fully saturated rings. The Morgan fingerprint density at radius 3 is 2.58 bits per heavy atom. The zero-order valence-electron chi connectivity index (χ0n) is 15.1. The lowest BCUT2D eigenvalue weighted by Crippen LogP contribution is -2.15. The number of hydrogen-bond donors (Lipinski definition) is 1. The molecule has 0 unspecified atom stereocenters. The van der Waals surface area contributed by atoms with E-state index in [4.69, 9.17) is 4.74 Å². The van der Waals surface area contributed by atoms with Gasteiger partial charge in [-0.25, -0.2) is 0 Å². The fourth-order valence-electron chi connectivity index (χ4n) is 2.67. The summed E-state index contributed by atoms with van der Waals surface area (Å²) in [5, 5.41) is 3.07. The molecule has 128 valence electrons. The van der Waals surface area contributed by atoms with Crippen LogP contribution in [0.15, 0.2) is 42.5 Å². The molecule has 0 aromatic heterocycles. The molecule has 0 bridgehead atoms. The lowest BCUT2D eigenvalue weighted by molar-refractivity contribution is -0.116. The van der Waals surface area contributed by atoms with Crippen LogP contribution < -0.4 is 10.1 Å². The van der Waals surface area contributed by atoms with Crippen molar-refractivity contribution in [2.24, 2.45) is 0 Å². The standard InChI is InChI=1S/C21H27NO2/c1-15(2)19-11-6-9-17(4)21(19)22-20(23)12-7-13-24-18-10-5-8-16(3)14-18/h5-6,8-11,14-15H,7,12-13H2,1-4H3,(H,22,23). The SMILES string of the molecule is Cc1cccc(OCCCC(=O)Nc2c(C)cccc2C(C)C)c1. The van der Waals surface area contributed by atoms with E-state index in [1.165, 1.54) is 11.1 Å². The van der Waals surface area contributed by atoms with Crippen LogP contribution in [0.25, 0.3) is 0 Å². The van der Waals surface area contributed by atoms with E-state index in [-0.39, 0.29) is 5.91 Å². The minimum atomic E-state index is 0.0408. The molecule has 0 aliphatic carbocycles. The number of rotatable bonds is 7. The van der Waals surface area contributed by atoms with Crippen molar-refractivity contribution in [3.8, 4) is 5.75 Å². The second-order valence-corrected chi connectivity index (χ2v) is 6.51. The van der Waals surface area contributed by atoms with Crippen LogP contribution in [-0.4, -0.2) is 12.5 Å². The molecule has 3 nitrogen and oxygen atoms in total. The largest absolute Gasteiger partial charge is 0.494 e. The van der Waals surface area contributed by atoms with Gasteiger partial charge in [0.15, 0.2) is 0 Å². The van der Waals surface area contributed by atoms with Gasteiger partial charge in [-0.15, -0.1) is 0 Å². The predicted octanol–water partition coefficient (Wildman–Crippen LogP) is 5.22. The summed E-state index contributed by atoms with van der Waals surface area (Å²) >= 11 is 0. The molecule has 0 aliphatic rings. The fraction of sp³-hybridized carbons (Fsp3) is 0.381. The van der Waals surface area contributed by atoms with Gasteiger partial charge < -0.3 is 10.1 Å². The van der Waals surface area contributed by atoms with Crippen molar-refractivity contribution in [2.45, 2.75) is 46.5 Å². The van der Waals surface area contributed by atoms with Gasteiger partial charge in [-0.1, -0.05) is 44.2 Å². The van der Waals surface area contributed by atoms with Gasteiger partial charge in [0.25, 0.3) is 0 Å². The maximum absolute atomic E-state index is 12.2. The molecule has 24 heavy (non-hydrogen) atoms. The Bertz CT molecular complexity index is 692. The summed E-state index contributed by atoms with van der Waals surface area (Å²) in [6.45, 7) is 8.89. The van der Waals surface area contributed by atoms with Crippen molar-refractivity contribution in [1.29, 1.82) is 0 Å². The number of carbonyl (C=O) groups excluding carboxylic acids is 1. The highest BCUT2D eigenvalue weighted by Crippen LogP contribution is 2.27. The van der Waals surface area contributed by atoms with Crippen molar-refractivity contribution in [1.82, 2.24) is 0 Å². The number of hydrogen-bond acceptors (Lipinski definition) is 2. The summed E-state index contributed by atoms with van der Waals surface area (Å²) in [5.74, 6) is 1.28. The average Bonchev–Trinajstić information content (AvgIpc) is 2.53. The first kappa shape index (κ1) is 18.1. The molecule has 0 saturated heterocycles. The van der Waals surface area contributed by atoms with Gasteiger partial charge in [-0.2, -0.15) is 0 Å². The molecular weight excluding hydrogens is 298 g/mol. The molecule has 0 atom stereocenters. The number of ether oxygens (including phenoxy) is 1. The van der Waals surface area contributed by atoms with Crippen molar-refractivity contribution in [2.75, 3.05) is 11.9 Å². The molecule has 2 rings (SSSR count). The Hall–Kier alpha value is -2.29. The van der Waals surface area contributed by atoms with Crippen LogP contribution in [0.4, 0.5) is 5.69 Å². The van der Waals surface area contributed by atoms with Crippen LogP contribution in [0.2, 0.25) is 0 Å². The first-order chi connectivity index (χ1) is 11.5. The Balaban J connectivity index is 1.84. The van der Waals surface area contributed by atoms with Gasteiger partial charge >= 0.3 is 0 Å². The first-order valence-electron chi connectivity index (χ1n) is 8.56. The van der Waals surface area contributed by atoms with Gasteiger partial charge in [-0.3, -0.25) is 4.79 Å². The third kappa shape index (κ3) is 5.12. The highest BCUT2D eigenvalue weighted by molar-refractivity contribution is 5.92. The van der Waals surface area contributed by atoms with E-state index in [1.807, 2.05) is 50.2 Å². The van der Waals surface area contributed by atoms with Crippen molar-refractivity contribution >= 4 is 11.6 Å². The molecular formula is C21H27NO2. The predicted molar refractivity (Wildman–Crippen MR) is 99.8 cm³/mol. The second kappa shape index (κ2) is 8.53. The molecule has 0 aliphatic heterocycles. The Morgan fingerprint density at radius 1 is 1.12 bits per heavy atom. The molecule has 2 aromatic rings. The summed E-state index contributed by atoms with van der Waals surface area (Å²) in [7, 11) is 0. The zero-order chi connectivity index (χ0) is 17.5. The van der Waals surface area contributed by atoms with Crippen LogP contribution in [0.5, 0.6) is 5.75 Å². The number of para-hydroxylation sites is 1. The summed E-state index contributed by atoms with van der Waals surface area (Å²) < 4.78 is 5.69. The van der Waals surface area contributed by atoms with Gasteiger partial charge in [0, 0.05) is 12.1 Å². The first-order valence-corrected chi connectivity index (χ1v) is 8.56. The maximum Gasteiger partial charge on any atom is 0.224 e. The third-order valence-electron chi connectivity index (χ3n) is 4.00. The summed E-state index contributed by atoms with van der Waals surface area (Å²) in [4.78, 5) is 12.2. The number of nitrogens with one attached hydrogen (secondary N) is 1. The minimum absolute atomic E-state index is 0.0408. The molecule has 2 aromatic carbocycles. The van der Waals surface area contributed by atoms with Crippen LogP contribution in [0, 0.1) is 13.8 Å². The van der Waals surface area contributed by atoms with E-state index in [0.717, 1.165) is 17.0 Å². The molecule has 3 heteroatoms. The number of amides is 1. The Labute approximate surface area is 145 Å². The molecule has 1 N–H and O–H groups in total. The number of carbonyl (C=O) groups is 1. The number of aryl methyl sites for hydroxylation is 2. The summed E-state index contributed by atoms with van der Waals surface area (Å²) in [5.41, 5.74) is 4.41. The summed E-state index contributed by atoms with van der Waals surface area (Å²) in [6.07, 6.45) is 1.15. The average molecular weight is 325 g/mol. The van der Waals surface area contributed by atoms with E-state index < -0.39 is 0 Å². The minimum Gasteiger partial charge on any atom is -0.494 e. The van der Waals surface area contributed by atoms with Crippen LogP contribution in [-0.2, 0) is 4.79 Å². The molecule has 0 radical (unpaired) electrons. The van der Waals surface area contributed by atoms with E-state index in [2.05, 4.69) is 25.2 Å². The van der Waals surface area contributed by atoms with E-state index >= 15 is 0 Å². The third-order valence-corrected chi connectivity index (χ3v) is 4.00. The Morgan fingerprint density at radius 2 is 1.88 bits per heavy atom. The number of anilines is 1. The van der Waals surface area contributed by atoms with Gasteiger partial charge in [0.1, 0.15) is 5.75 Å². The van der Waals surface area contributed by atoms with Gasteiger partial charge in [0.05, 0.1) is 6.61 Å². The molecule has 0 saturated carbocycles. The van der Waals surface area contributed by atoms with Gasteiger partial charge in [0.2, 0.25) is 5.91 Å².